The Balaban J connectivity index is 0.000000136. The van der Waals surface area contributed by atoms with Crippen LogP contribution < -0.4 is 11.5 Å². The maximum absolute atomic E-state index is 9.29. The van der Waals surface area contributed by atoms with Crippen molar-refractivity contribution in [2.45, 2.75) is 0 Å². The van der Waals surface area contributed by atoms with Gasteiger partial charge in [0.1, 0.15) is 5.75 Å². The van der Waals surface area contributed by atoms with Gasteiger partial charge in [-0.05, 0) is 34.4 Å². The summed E-state index contributed by atoms with van der Waals surface area (Å²) in [7, 11) is 0. The number of phenolic OH excluding ortho intramolecular Hbond substituents is 1. The number of phenols is 1. The van der Waals surface area contributed by atoms with Gasteiger partial charge in [0.2, 0.25) is 0 Å². The molecule has 3 nitrogen and oxygen atoms in total. The van der Waals surface area contributed by atoms with Crippen LogP contribution in [0.4, 0.5) is 11.4 Å². The Labute approximate surface area is 134 Å². The van der Waals surface area contributed by atoms with E-state index in [1.807, 2.05) is 60.7 Å². The number of benzene rings is 4. The summed E-state index contributed by atoms with van der Waals surface area (Å²) in [6.07, 6.45) is 0. The van der Waals surface area contributed by atoms with Crippen LogP contribution in [0.5, 0.6) is 5.75 Å². The highest BCUT2D eigenvalue weighted by atomic mass is 16.3. The minimum absolute atomic E-state index is 0.147. The summed E-state index contributed by atoms with van der Waals surface area (Å²) in [6, 6.07) is 25.3. The molecule has 5 N–H and O–H groups in total. The van der Waals surface area contributed by atoms with E-state index in [0.717, 1.165) is 16.5 Å². The van der Waals surface area contributed by atoms with Crippen LogP contribution in [0.25, 0.3) is 21.5 Å². The van der Waals surface area contributed by atoms with E-state index in [9.17, 15) is 5.11 Å². The molecule has 23 heavy (non-hydrogen) atoms. The molecule has 4 aromatic rings. The van der Waals surface area contributed by atoms with Gasteiger partial charge in [0, 0.05) is 11.1 Å². The summed E-state index contributed by atoms with van der Waals surface area (Å²) in [5, 5.41) is 13.7. The highest BCUT2D eigenvalue weighted by Crippen LogP contribution is 2.28. The van der Waals surface area contributed by atoms with Crippen molar-refractivity contribution >= 4 is 32.9 Å². The monoisotopic (exact) mass is 302 g/mol. The van der Waals surface area contributed by atoms with Gasteiger partial charge in [0.25, 0.3) is 0 Å². The molecular weight excluding hydrogens is 284 g/mol. The number of anilines is 2. The van der Waals surface area contributed by atoms with Crippen LogP contribution in [0.3, 0.4) is 0 Å². The summed E-state index contributed by atoms with van der Waals surface area (Å²) >= 11 is 0. The molecule has 0 unspecified atom stereocenters. The van der Waals surface area contributed by atoms with Crippen LogP contribution >= 0.6 is 0 Å². The fraction of sp³-hybridized carbons (Fsp3) is 0. The summed E-state index contributed by atoms with van der Waals surface area (Å²) in [4.78, 5) is 0. The minimum Gasteiger partial charge on any atom is -0.506 e. The molecule has 0 bridgehead atoms. The van der Waals surface area contributed by atoms with E-state index >= 15 is 0 Å². The molecule has 0 aromatic heterocycles. The maximum atomic E-state index is 9.29. The molecule has 114 valence electrons. The summed E-state index contributed by atoms with van der Waals surface area (Å²) in [5.41, 5.74) is 12.6. The molecule has 4 rings (SSSR count). The van der Waals surface area contributed by atoms with Gasteiger partial charge in [-0.25, -0.2) is 0 Å². The molecule has 0 aliphatic rings. The standard InChI is InChI=1S/C10H9NO.C10H9N/c11-10-8-4-2-1-3-7(8)5-6-9(10)12;11-10-6-5-8-3-1-2-4-9(8)7-10/h1-6,12H,11H2;1-7H,11H2. The van der Waals surface area contributed by atoms with Gasteiger partial charge >= 0.3 is 0 Å². The Bertz CT molecular complexity index is 964. The Kier molecular flexibility index (Phi) is 4.02. The number of nitrogens with two attached hydrogens (primary N) is 2. The van der Waals surface area contributed by atoms with Gasteiger partial charge in [-0.1, -0.05) is 60.7 Å². The van der Waals surface area contributed by atoms with E-state index in [-0.39, 0.29) is 5.75 Å². The molecule has 4 aromatic carbocycles. The smallest absolute Gasteiger partial charge is 0.139 e. The average Bonchev–Trinajstić information content (AvgIpc) is 2.59. The Morgan fingerprint density at radius 1 is 0.609 bits per heavy atom. The molecule has 0 heterocycles. The topological polar surface area (TPSA) is 72.3 Å². The van der Waals surface area contributed by atoms with Crippen molar-refractivity contribution in [1.82, 2.24) is 0 Å². The quantitative estimate of drug-likeness (QED) is 0.329. The van der Waals surface area contributed by atoms with Crippen molar-refractivity contribution in [3.05, 3.63) is 78.9 Å². The van der Waals surface area contributed by atoms with Crippen molar-refractivity contribution in [3.63, 3.8) is 0 Å². The van der Waals surface area contributed by atoms with Crippen molar-refractivity contribution < 1.29 is 5.11 Å². The van der Waals surface area contributed by atoms with Gasteiger partial charge in [0.15, 0.2) is 0 Å². The van der Waals surface area contributed by atoms with E-state index < -0.39 is 0 Å². The second kappa shape index (κ2) is 6.28. The van der Waals surface area contributed by atoms with E-state index in [1.54, 1.807) is 6.07 Å². The van der Waals surface area contributed by atoms with Crippen LogP contribution in [0.15, 0.2) is 78.9 Å². The number of hydrogen-bond donors (Lipinski definition) is 3. The largest absolute Gasteiger partial charge is 0.506 e. The third-order valence-electron chi connectivity index (χ3n) is 3.72. The van der Waals surface area contributed by atoms with Gasteiger partial charge < -0.3 is 16.6 Å². The van der Waals surface area contributed by atoms with Crippen molar-refractivity contribution in [2.24, 2.45) is 0 Å². The first kappa shape index (κ1) is 14.7. The van der Waals surface area contributed by atoms with Gasteiger partial charge in [-0.3, -0.25) is 0 Å². The minimum atomic E-state index is 0.147. The molecule has 0 aliphatic heterocycles. The van der Waals surface area contributed by atoms with Crippen LogP contribution in [-0.2, 0) is 0 Å². The molecule has 3 heteroatoms. The number of hydrogen-bond acceptors (Lipinski definition) is 3. The van der Waals surface area contributed by atoms with Gasteiger partial charge in [-0.2, -0.15) is 0 Å². The lowest BCUT2D eigenvalue weighted by atomic mass is 10.1. The van der Waals surface area contributed by atoms with Crippen LogP contribution in [0.2, 0.25) is 0 Å². The first-order valence-electron chi connectivity index (χ1n) is 7.35. The number of nitrogen functional groups attached to an aromatic ring is 2. The van der Waals surface area contributed by atoms with Crippen molar-refractivity contribution in [2.75, 3.05) is 11.5 Å². The lowest BCUT2D eigenvalue weighted by Gasteiger charge is -2.02. The van der Waals surface area contributed by atoms with E-state index in [2.05, 4.69) is 12.1 Å². The summed E-state index contributed by atoms with van der Waals surface area (Å²) < 4.78 is 0. The molecule has 0 atom stereocenters. The predicted molar refractivity (Wildman–Crippen MR) is 98.4 cm³/mol. The van der Waals surface area contributed by atoms with Crippen LogP contribution in [0, 0.1) is 0 Å². The second-order valence-electron chi connectivity index (χ2n) is 5.33. The van der Waals surface area contributed by atoms with E-state index in [4.69, 9.17) is 11.5 Å². The lowest BCUT2D eigenvalue weighted by Crippen LogP contribution is -1.86. The molecule has 0 amide bonds. The summed E-state index contributed by atoms with van der Waals surface area (Å²) in [6.45, 7) is 0. The average molecular weight is 302 g/mol. The maximum Gasteiger partial charge on any atom is 0.139 e. The zero-order chi connectivity index (χ0) is 16.2. The molecule has 0 aliphatic carbocycles. The van der Waals surface area contributed by atoms with Gasteiger partial charge in [0.05, 0.1) is 5.69 Å². The molecule has 0 saturated heterocycles. The number of rotatable bonds is 0. The third kappa shape index (κ3) is 3.19. The zero-order valence-corrected chi connectivity index (χ0v) is 12.6. The SMILES string of the molecule is Nc1c(O)ccc2ccccc12.Nc1ccc2ccccc2c1. The van der Waals surface area contributed by atoms with Gasteiger partial charge in [-0.15, -0.1) is 0 Å². The Morgan fingerprint density at radius 2 is 1.22 bits per heavy atom. The second-order valence-corrected chi connectivity index (χ2v) is 5.33. The zero-order valence-electron chi connectivity index (χ0n) is 12.6. The number of fused-ring (bicyclic) bond motifs is 2. The fourth-order valence-corrected chi connectivity index (χ4v) is 2.49. The normalized spacial score (nSPS) is 10.3. The van der Waals surface area contributed by atoms with Crippen LogP contribution in [0.1, 0.15) is 0 Å². The highest BCUT2D eigenvalue weighted by molar-refractivity contribution is 5.95. The molecule has 0 fully saturated rings. The first-order chi connectivity index (χ1) is 11.1. The van der Waals surface area contributed by atoms with E-state index in [0.29, 0.717) is 5.69 Å². The highest BCUT2D eigenvalue weighted by Gasteiger charge is 2.00. The Hall–Kier alpha value is -3.20. The fourth-order valence-electron chi connectivity index (χ4n) is 2.49. The predicted octanol–water partition coefficient (Wildman–Crippen LogP) is 4.55. The first-order valence-corrected chi connectivity index (χ1v) is 7.35. The molecule has 0 radical (unpaired) electrons. The molecule has 0 spiro atoms. The molecular formula is C20H18N2O. The third-order valence-corrected chi connectivity index (χ3v) is 3.72. The summed E-state index contributed by atoms with van der Waals surface area (Å²) in [5.74, 6) is 0.147. The molecule has 0 saturated carbocycles. The van der Waals surface area contributed by atoms with Crippen molar-refractivity contribution in [3.8, 4) is 5.75 Å². The number of aromatic hydroxyl groups is 1. The Morgan fingerprint density at radius 3 is 2.00 bits per heavy atom. The van der Waals surface area contributed by atoms with Crippen LogP contribution in [-0.4, -0.2) is 5.11 Å². The lowest BCUT2D eigenvalue weighted by molar-refractivity contribution is 0.478. The van der Waals surface area contributed by atoms with Crippen molar-refractivity contribution in [1.29, 1.82) is 0 Å². The van der Waals surface area contributed by atoms with E-state index in [1.165, 1.54) is 10.8 Å².